The topological polar surface area (TPSA) is 32.3 Å². The largest absolute Gasteiger partial charge is 0.416 e. The molecule has 1 aliphatic heterocycles. The van der Waals surface area contributed by atoms with E-state index in [1.54, 1.807) is 11.9 Å². The van der Waals surface area contributed by atoms with Gasteiger partial charge in [-0.25, -0.2) is 0 Å². The van der Waals surface area contributed by atoms with Crippen molar-refractivity contribution in [2.24, 2.45) is 0 Å². The van der Waals surface area contributed by atoms with Crippen LogP contribution in [0.15, 0.2) is 53.0 Å². The summed E-state index contributed by atoms with van der Waals surface area (Å²) in [5.74, 6) is -0.322. The molecule has 0 spiro atoms. The molecule has 1 N–H and O–H groups in total. The molecular formula is C20H20BrF3N2O. The van der Waals surface area contributed by atoms with Gasteiger partial charge >= 0.3 is 6.18 Å². The summed E-state index contributed by atoms with van der Waals surface area (Å²) in [6.07, 6.45) is -3.76. The van der Waals surface area contributed by atoms with Crippen LogP contribution in [-0.2, 0) is 6.18 Å². The summed E-state index contributed by atoms with van der Waals surface area (Å²) >= 11 is 3.09. The molecule has 0 saturated carbocycles. The van der Waals surface area contributed by atoms with Crippen LogP contribution in [0.5, 0.6) is 0 Å². The molecule has 1 saturated heterocycles. The van der Waals surface area contributed by atoms with Gasteiger partial charge in [-0.3, -0.25) is 4.79 Å². The Morgan fingerprint density at radius 3 is 2.56 bits per heavy atom. The molecule has 0 unspecified atom stereocenters. The van der Waals surface area contributed by atoms with Crippen LogP contribution in [0.4, 0.5) is 13.2 Å². The smallest absolute Gasteiger partial charge is 0.338 e. The summed E-state index contributed by atoms with van der Waals surface area (Å²) in [5.41, 5.74) is 0.308. The Bertz CT molecular complexity index is 811. The zero-order valence-corrected chi connectivity index (χ0v) is 16.3. The highest BCUT2D eigenvalue weighted by atomic mass is 79.9. The first-order valence-electron chi connectivity index (χ1n) is 8.68. The summed E-state index contributed by atoms with van der Waals surface area (Å²) in [7, 11) is 1.67. The Morgan fingerprint density at radius 2 is 1.89 bits per heavy atom. The number of nitrogens with one attached hydrogen (secondary N) is 1. The second-order valence-electron chi connectivity index (χ2n) is 6.72. The first kappa shape index (κ1) is 19.9. The molecule has 1 aliphatic rings. The van der Waals surface area contributed by atoms with E-state index in [1.165, 1.54) is 6.07 Å². The van der Waals surface area contributed by atoms with E-state index >= 15 is 0 Å². The number of likely N-dealkylation sites (N-methyl/N-ethyl adjacent to an activating group) is 1. The van der Waals surface area contributed by atoms with Crippen molar-refractivity contribution in [2.75, 3.05) is 20.1 Å². The summed E-state index contributed by atoms with van der Waals surface area (Å²) in [6.45, 7) is 1.48. The summed E-state index contributed by atoms with van der Waals surface area (Å²) < 4.78 is 39.5. The van der Waals surface area contributed by atoms with E-state index in [9.17, 15) is 18.0 Å². The van der Waals surface area contributed by atoms with E-state index < -0.39 is 17.6 Å². The SMILES string of the molecule is CN(C(=O)c1cc(Br)cc(C(F)(F)F)c1)[C@@H]1CCNC[C@H]1c1ccccc1. The Morgan fingerprint density at radius 1 is 1.19 bits per heavy atom. The number of piperidine rings is 1. The summed E-state index contributed by atoms with van der Waals surface area (Å²) in [4.78, 5) is 14.6. The van der Waals surface area contributed by atoms with Crippen molar-refractivity contribution in [2.45, 2.75) is 24.6 Å². The van der Waals surface area contributed by atoms with Crippen molar-refractivity contribution < 1.29 is 18.0 Å². The quantitative estimate of drug-likeness (QED) is 0.750. The standard InChI is InChI=1S/C20H20BrF3N2O/c1-26(18-7-8-25-12-17(18)13-5-3-2-4-6-13)19(27)14-9-15(20(22,23)24)11-16(21)10-14/h2-6,9-11,17-18,25H,7-8,12H2,1H3/t17-,18+/m0/s1. The lowest BCUT2D eigenvalue weighted by Crippen LogP contribution is -2.49. The van der Waals surface area contributed by atoms with Crippen LogP contribution in [0.3, 0.4) is 0 Å². The Kier molecular flexibility index (Phi) is 5.91. The minimum absolute atomic E-state index is 0.0320. The maximum atomic E-state index is 13.1. The molecule has 2 atom stereocenters. The Balaban J connectivity index is 1.89. The molecular weight excluding hydrogens is 421 g/mol. The Hall–Kier alpha value is -1.86. The van der Waals surface area contributed by atoms with Crippen molar-refractivity contribution in [1.29, 1.82) is 0 Å². The van der Waals surface area contributed by atoms with E-state index in [4.69, 9.17) is 0 Å². The van der Waals surface area contributed by atoms with Gasteiger partial charge in [0.1, 0.15) is 0 Å². The number of hydrogen-bond acceptors (Lipinski definition) is 2. The maximum Gasteiger partial charge on any atom is 0.416 e. The molecule has 1 heterocycles. The molecule has 3 rings (SSSR count). The van der Waals surface area contributed by atoms with Gasteiger partial charge in [0.25, 0.3) is 5.91 Å². The second kappa shape index (κ2) is 8.02. The van der Waals surface area contributed by atoms with Crippen molar-refractivity contribution in [3.8, 4) is 0 Å². The molecule has 0 bridgehead atoms. The van der Waals surface area contributed by atoms with Crippen LogP contribution in [0, 0.1) is 0 Å². The molecule has 2 aromatic carbocycles. The van der Waals surface area contributed by atoms with Crippen LogP contribution < -0.4 is 5.32 Å². The van der Waals surface area contributed by atoms with Gasteiger partial charge in [-0.1, -0.05) is 46.3 Å². The van der Waals surface area contributed by atoms with Gasteiger partial charge < -0.3 is 10.2 Å². The van der Waals surface area contributed by atoms with Gasteiger partial charge in [-0.15, -0.1) is 0 Å². The fourth-order valence-corrected chi connectivity index (χ4v) is 4.07. The van der Waals surface area contributed by atoms with Gasteiger partial charge in [-0.05, 0) is 36.7 Å². The van der Waals surface area contributed by atoms with Crippen molar-refractivity contribution >= 4 is 21.8 Å². The zero-order valence-electron chi connectivity index (χ0n) is 14.8. The van der Waals surface area contributed by atoms with E-state index in [2.05, 4.69) is 21.2 Å². The minimum Gasteiger partial charge on any atom is -0.338 e. The van der Waals surface area contributed by atoms with Crippen LogP contribution >= 0.6 is 15.9 Å². The molecule has 1 fully saturated rings. The van der Waals surface area contributed by atoms with Crippen molar-refractivity contribution in [1.82, 2.24) is 10.2 Å². The van der Waals surface area contributed by atoms with Gasteiger partial charge in [0.15, 0.2) is 0 Å². The lowest BCUT2D eigenvalue weighted by molar-refractivity contribution is -0.137. The maximum absolute atomic E-state index is 13.1. The number of alkyl halides is 3. The zero-order chi connectivity index (χ0) is 19.6. The van der Waals surface area contributed by atoms with Gasteiger partial charge in [-0.2, -0.15) is 13.2 Å². The lowest BCUT2D eigenvalue weighted by atomic mass is 9.86. The fourth-order valence-electron chi connectivity index (χ4n) is 3.58. The van der Waals surface area contributed by atoms with Crippen molar-refractivity contribution in [3.63, 3.8) is 0 Å². The summed E-state index contributed by atoms with van der Waals surface area (Å²) in [6, 6.07) is 13.1. The van der Waals surface area contributed by atoms with E-state index in [1.807, 2.05) is 30.3 Å². The van der Waals surface area contributed by atoms with Crippen LogP contribution in [-0.4, -0.2) is 37.0 Å². The molecule has 0 aliphatic carbocycles. The Labute approximate surface area is 164 Å². The monoisotopic (exact) mass is 440 g/mol. The first-order valence-corrected chi connectivity index (χ1v) is 9.47. The number of nitrogens with zero attached hydrogens (tertiary/aromatic N) is 1. The number of carbonyl (C=O) groups is 1. The van der Waals surface area contributed by atoms with E-state index in [-0.39, 0.29) is 22.0 Å². The average Bonchev–Trinajstić information content (AvgIpc) is 2.66. The molecule has 3 nitrogen and oxygen atoms in total. The molecule has 7 heteroatoms. The molecule has 2 aromatic rings. The molecule has 0 aromatic heterocycles. The highest BCUT2D eigenvalue weighted by molar-refractivity contribution is 9.10. The molecule has 0 radical (unpaired) electrons. The third kappa shape index (κ3) is 4.52. The third-order valence-corrected chi connectivity index (χ3v) is 5.42. The van der Waals surface area contributed by atoms with Crippen LogP contribution in [0.1, 0.15) is 33.8 Å². The predicted octanol–water partition coefficient (Wildman–Crippen LogP) is 4.69. The van der Waals surface area contributed by atoms with E-state index in [0.29, 0.717) is 0 Å². The van der Waals surface area contributed by atoms with Crippen LogP contribution in [0.2, 0.25) is 0 Å². The normalized spacial score (nSPS) is 20.3. The predicted molar refractivity (Wildman–Crippen MR) is 102 cm³/mol. The lowest BCUT2D eigenvalue weighted by Gasteiger charge is -2.38. The van der Waals surface area contributed by atoms with Crippen LogP contribution in [0.25, 0.3) is 0 Å². The first-order chi connectivity index (χ1) is 12.8. The number of halogens is 4. The fraction of sp³-hybridized carbons (Fsp3) is 0.350. The second-order valence-corrected chi connectivity index (χ2v) is 7.64. The van der Waals surface area contributed by atoms with Gasteiger partial charge in [0.05, 0.1) is 5.56 Å². The number of amides is 1. The minimum atomic E-state index is -4.50. The van der Waals surface area contributed by atoms with Crippen molar-refractivity contribution in [3.05, 3.63) is 69.7 Å². The molecule has 1 amide bonds. The number of carbonyl (C=O) groups excluding carboxylic acids is 1. The highest BCUT2D eigenvalue weighted by Crippen LogP contribution is 2.33. The summed E-state index contributed by atoms with van der Waals surface area (Å²) in [5, 5.41) is 3.34. The van der Waals surface area contributed by atoms with Gasteiger partial charge in [0, 0.05) is 35.6 Å². The third-order valence-electron chi connectivity index (χ3n) is 4.96. The number of hydrogen-bond donors (Lipinski definition) is 1. The molecule has 144 valence electrons. The molecule has 27 heavy (non-hydrogen) atoms. The number of rotatable bonds is 3. The van der Waals surface area contributed by atoms with Gasteiger partial charge in [0.2, 0.25) is 0 Å². The average molecular weight is 441 g/mol. The van der Waals surface area contributed by atoms with E-state index in [0.717, 1.165) is 37.2 Å². The highest BCUT2D eigenvalue weighted by Gasteiger charge is 2.34. The number of benzene rings is 2.